The summed E-state index contributed by atoms with van der Waals surface area (Å²) in [5.74, 6) is 0.613. The number of benzene rings is 1. The molecule has 18 heavy (non-hydrogen) atoms. The first-order valence-electron chi connectivity index (χ1n) is 5.19. The van der Waals surface area contributed by atoms with Crippen LogP contribution in [0.1, 0.15) is 0 Å². The molecule has 0 saturated heterocycles. The Hall–Kier alpha value is -1.88. The van der Waals surface area contributed by atoms with E-state index in [1.165, 1.54) is 25.6 Å². The number of methoxy groups -OCH3 is 1. The maximum absolute atomic E-state index is 13.0. The van der Waals surface area contributed by atoms with Gasteiger partial charge in [-0.1, -0.05) is 11.6 Å². The lowest BCUT2D eigenvalue weighted by molar-refractivity contribution is 0.415. The van der Waals surface area contributed by atoms with Crippen LogP contribution in [0.25, 0.3) is 11.3 Å². The summed E-state index contributed by atoms with van der Waals surface area (Å²) < 4.78 is 18.3. The van der Waals surface area contributed by atoms with Crippen molar-refractivity contribution in [3.05, 3.63) is 35.4 Å². The highest BCUT2D eigenvalue weighted by Crippen LogP contribution is 2.36. The molecule has 0 radical (unpaired) electrons. The molecule has 0 unspecified atom stereocenters. The van der Waals surface area contributed by atoms with Crippen LogP contribution >= 0.6 is 11.6 Å². The van der Waals surface area contributed by atoms with Gasteiger partial charge < -0.3 is 10.1 Å². The standard InChI is InChI=1S/C12H11ClFN3O/c1-15-12-11(18-2)10(16-6-17-12)8-4-3-7(14)5-9(8)13/h3-6H,1-2H3,(H,15,16,17). The molecule has 4 nitrogen and oxygen atoms in total. The van der Waals surface area contributed by atoms with Crippen molar-refractivity contribution >= 4 is 17.4 Å². The molecule has 0 bridgehead atoms. The van der Waals surface area contributed by atoms with E-state index in [4.69, 9.17) is 16.3 Å². The SMILES string of the molecule is CNc1ncnc(-c2ccc(F)cc2Cl)c1OC. The minimum atomic E-state index is -0.398. The van der Waals surface area contributed by atoms with Crippen LogP contribution in [0.2, 0.25) is 5.02 Å². The van der Waals surface area contributed by atoms with Crippen molar-refractivity contribution in [3.63, 3.8) is 0 Å². The van der Waals surface area contributed by atoms with Crippen LogP contribution in [0.4, 0.5) is 10.2 Å². The quantitative estimate of drug-likeness (QED) is 0.929. The predicted molar refractivity (Wildman–Crippen MR) is 68.5 cm³/mol. The van der Waals surface area contributed by atoms with Crippen molar-refractivity contribution in [1.29, 1.82) is 0 Å². The summed E-state index contributed by atoms with van der Waals surface area (Å²) in [6, 6.07) is 4.11. The monoisotopic (exact) mass is 267 g/mol. The highest BCUT2D eigenvalue weighted by Gasteiger charge is 2.15. The molecule has 6 heteroatoms. The first kappa shape index (κ1) is 12.6. The van der Waals surface area contributed by atoms with E-state index < -0.39 is 5.82 Å². The van der Waals surface area contributed by atoms with Crippen molar-refractivity contribution < 1.29 is 9.13 Å². The van der Waals surface area contributed by atoms with Gasteiger partial charge in [-0.3, -0.25) is 0 Å². The van der Waals surface area contributed by atoms with Gasteiger partial charge in [-0.15, -0.1) is 0 Å². The molecule has 0 aliphatic heterocycles. The molecule has 0 amide bonds. The van der Waals surface area contributed by atoms with Gasteiger partial charge in [0.15, 0.2) is 11.6 Å². The molecule has 0 fully saturated rings. The van der Waals surface area contributed by atoms with E-state index in [1.54, 1.807) is 13.1 Å². The van der Waals surface area contributed by atoms with E-state index in [0.717, 1.165) is 0 Å². The number of hydrogen-bond donors (Lipinski definition) is 1. The Morgan fingerprint density at radius 1 is 1.33 bits per heavy atom. The molecule has 0 atom stereocenters. The minimum absolute atomic E-state index is 0.272. The molecule has 1 aromatic carbocycles. The summed E-state index contributed by atoms with van der Waals surface area (Å²) in [7, 11) is 3.24. The van der Waals surface area contributed by atoms with Gasteiger partial charge >= 0.3 is 0 Å². The third-order valence-electron chi connectivity index (χ3n) is 2.43. The van der Waals surface area contributed by atoms with Crippen LogP contribution in [0.3, 0.4) is 0 Å². The molecule has 1 N–H and O–H groups in total. The fourth-order valence-corrected chi connectivity index (χ4v) is 1.88. The molecular formula is C12H11ClFN3O. The summed E-state index contributed by atoms with van der Waals surface area (Å²) in [6.07, 6.45) is 1.39. The second kappa shape index (κ2) is 5.18. The van der Waals surface area contributed by atoms with Crippen molar-refractivity contribution in [3.8, 4) is 17.0 Å². The van der Waals surface area contributed by atoms with Crippen molar-refractivity contribution in [2.75, 3.05) is 19.5 Å². The van der Waals surface area contributed by atoms with E-state index in [1.807, 2.05) is 0 Å². The number of hydrogen-bond acceptors (Lipinski definition) is 4. The van der Waals surface area contributed by atoms with Gasteiger partial charge in [0, 0.05) is 12.6 Å². The van der Waals surface area contributed by atoms with E-state index in [-0.39, 0.29) is 5.02 Å². The van der Waals surface area contributed by atoms with Crippen molar-refractivity contribution in [1.82, 2.24) is 9.97 Å². The number of ether oxygens (including phenoxy) is 1. The zero-order valence-corrected chi connectivity index (χ0v) is 10.6. The summed E-state index contributed by atoms with van der Waals surface area (Å²) in [5.41, 5.74) is 1.11. The van der Waals surface area contributed by atoms with Gasteiger partial charge in [-0.2, -0.15) is 0 Å². The predicted octanol–water partition coefficient (Wildman–Crippen LogP) is 2.99. The Kier molecular flexibility index (Phi) is 3.62. The maximum Gasteiger partial charge on any atom is 0.187 e. The molecule has 0 aliphatic rings. The number of anilines is 1. The van der Waals surface area contributed by atoms with Gasteiger partial charge in [0.25, 0.3) is 0 Å². The van der Waals surface area contributed by atoms with E-state index in [2.05, 4.69) is 15.3 Å². The Morgan fingerprint density at radius 3 is 2.72 bits per heavy atom. The molecule has 2 rings (SSSR count). The second-order valence-electron chi connectivity index (χ2n) is 3.48. The maximum atomic E-state index is 13.0. The van der Waals surface area contributed by atoms with E-state index >= 15 is 0 Å². The third kappa shape index (κ3) is 2.22. The van der Waals surface area contributed by atoms with Gasteiger partial charge in [0.05, 0.1) is 12.1 Å². The zero-order valence-electron chi connectivity index (χ0n) is 9.87. The van der Waals surface area contributed by atoms with Gasteiger partial charge in [0.2, 0.25) is 0 Å². The van der Waals surface area contributed by atoms with Crippen LogP contribution in [-0.2, 0) is 0 Å². The Morgan fingerprint density at radius 2 is 2.11 bits per heavy atom. The Bertz CT molecular complexity index is 577. The van der Waals surface area contributed by atoms with Crippen LogP contribution in [0.15, 0.2) is 24.5 Å². The highest BCUT2D eigenvalue weighted by molar-refractivity contribution is 6.33. The number of rotatable bonds is 3. The fraction of sp³-hybridized carbons (Fsp3) is 0.167. The van der Waals surface area contributed by atoms with Crippen molar-refractivity contribution in [2.45, 2.75) is 0 Å². The first-order valence-corrected chi connectivity index (χ1v) is 5.57. The van der Waals surface area contributed by atoms with Crippen LogP contribution in [0.5, 0.6) is 5.75 Å². The molecule has 0 spiro atoms. The summed E-state index contributed by atoms with van der Waals surface area (Å²) >= 11 is 6.01. The molecule has 94 valence electrons. The fourth-order valence-electron chi connectivity index (χ4n) is 1.62. The van der Waals surface area contributed by atoms with E-state index in [9.17, 15) is 4.39 Å². The average molecular weight is 268 g/mol. The Labute approximate surface area is 109 Å². The Balaban J connectivity index is 2.63. The number of aromatic nitrogens is 2. The third-order valence-corrected chi connectivity index (χ3v) is 2.74. The van der Waals surface area contributed by atoms with Gasteiger partial charge in [-0.05, 0) is 18.2 Å². The summed E-state index contributed by atoms with van der Waals surface area (Å²) in [4.78, 5) is 8.17. The lowest BCUT2D eigenvalue weighted by Gasteiger charge is -2.12. The minimum Gasteiger partial charge on any atom is -0.491 e. The van der Waals surface area contributed by atoms with E-state index in [0.29, 0.717) is 22.8 Å². The van der Waals surface area contributed by atoms with Crippen LogP contribution < -0.4 is 10.1 Å². The summed E-state index contributed by atoms with van der Waals surface area (Å²) in [6.45, 7) is 0. The molecular weight excluding hydrogens is 257 g/mol. The summed E-state index contributed by atoms with van der Waals surface area (Å²) in [5, 5.41) is 3.17. The first-order chi connectivity index (χ1) is 8.67. The molecule has 1 heterocycles. The average Bonchev–Trinajstić information content (AvgIpc) is 2.37. The zero-order chi connectivity index (χ0) is 13.1. The smallest absolute Gasteiger partial charge is 0.187 e. The van der Waals surface area contributed by atoms with Crippen molar-refractivity contribution in [2.24, 2.45) is 0 Å². The normalized spacial score (nSPS) is 10.2. The highest BCUT2D eigenvalue weighted by atomic mass is 35.5. The topological polar surface area (TPSA) is 47.0 Å². The van der Waals surface area contributed by atoms with Gasteiger partial charge in [0.1, 0.15) is 17.8 Å². The number of nitrogens with zero attached hydrogens (tertiary/aromatic N) is 2. The molecule has 0 aliphatic carbocycles. The largest absolute Gasteiger partial charge is 0.491 e. The molecule has 0 saturated carbocycles. The van der Waals surface area contributed by atoms with Crippen LogP contribution in [0, 0.1) is 5.82 Å². The van der Waals surface area contributed by atoms with Crippen LogP contribution in [-0.4, -0.2) is 24.1 Å². The lowest BCUT2D eigenvalue weighted by Crippen LogP contribution is -2.00. The molecule has 1 aromatic heterocycles. The second-order valence-corrected chi connectivity index (χ2v) is 3.89. The molecule has 2 aromatic rings. The lowest BCUT2D eigenvalue weighted by atomic mass is 10.1. The number of nitrogens with one attached hydrogen (secondary N) is 1. The van der Waals surface area contributed by atoms with Gasteiger partial charge in [-0.25, -0.2) is 14.4 Å². The number of halogens is 2.